The largest absolute Gasteiger partial charge is 0.326 e. The number of aryl methyl sites for hydroxylation is 1. The van der Waals surface area contributed by atoms with E-state index in [9.17, 15) is 14.4 Å². The molecule has 26 heavy (non-hydrogen) atoms. The van der Waals surface area contributed by atoms with Crippen LogP contribution in [0.3, 0.4) is 0 Å². The first-order chi connectivity index (χ1) is 12.5. The third kappa shape index (κ3) is 4.32. The SMILES string of the molecule is Cc1ccc(NC(=O)CCS[C@@H]2CC(=O)N(c3ccccc3)C2=O)cc1. The zero-order chi connectivity index (χ0) is 18.5. The van der Waals surface area contributed by atoms with E-state index in [0.717, 1.165) is 11.3 Å². The fourth-order valence-electron chi connectivity index (χ4n) is 2.74. The Bertz CT molecular complexity index is 806. The highest BCUT2D eigenvalue weighted by molar-refractivity contribution is 8.00. The van der Waals surface area contributed by atoms with Crippen molar-refractivity contribution in [1.82, 2.24) is 0 Å². The molecule has 1 fully saturated rings. The highest BCUT2D eigenvalue weighted by atomic mass is 32.2. The molecule has 0 saturated carbocycles. The topological polar surface area (TPSA) is 66.5 Å². The molecule has 0 aromatic heterocycles. The maximum absolute atomic E-state index is 12.5. The number of benzene rings is 2. The van der Waals surface area contributed by atoms with E-state index in [1.807, 2.05) is 37.3 Å². The van der Waals surface area contributed by atoms with E-state index in [4.69, 9.17) is 0 Å². The minimum Gasteiger partial charge on any atom is -0.326 e. The molecule has 134 valence electrons. The summed E-state index contributed by atoms with van der Waals surface area (Å²) >= 11 is 1.36. The Morgan fingerprint density at radius 1 is 1.12 bits per heavy atom. The van der Waals surface area contributed by atoms with Gasteiger partial charge in [0.25, 0.3) is 0 Å². The molecule has 1 aliphatic rings. The number of thioether (sulfide) groups is 1. The lowest BCUT2D eigenvalue weighted by Crippen LogP contribution is -2.31. The van der Waals surface area contributed by atoms with E-state index < -0.39 is 5.25 Å². The molecule has 0 unspecified atom stereocenters. The van der Waals surface area contributed by atoms with Crippen LogP contribution in [0.2, 0.25) is 0 Å². The molecule has 1 N–H and O–H groups in total. The molecule has 1 heterocycles. The summed E-state index contributed by atoms with van der Waals surface area (Å²) in [6.45, 7) is 1.99. The van der Waals surface area contributed by atoms with Crippen molar-refractivity contribution in [3.8, 4) is 0 Å². The van der Waals surface area contributed by atoms with E-state index in [-0.39, 0.29) is 24.1 Å². The zero-order valence-corrected chi connectivity index (χ0v) is 15.3. The van der Waals surface area contributed by atoms with Crippen LogP contribution in [-0.2, 0) is 14.4 Å². The van der Waals surface area contributed by atoms with Crippen molar-refractivity contribution in [1.29, 1.82) is 0 Å². The molecule has 3 amide bonds. The van der Waals surface area contributed by atoms with Gasteiger partial charge in [0.15, 0.2) is 0 Å². The first kappa shape index (κ1) is 18.2. The normalized spacial score (nSPS) is 16.8. The number of para-hydroxylation sites is 1. The molecule has 2 aromatic rings. The monoisotopic (exact) mass is 368 g/mol. The molecule has 1 saturated heterocycles. The summed E-state index contributed by atoms with van der Waals surface area (Å²) in [4.78, 5) is 37.9. The summed E-state index contributed by atoms with van der Waals surface area (Å²) in [6.07, 6.45) is 0.472. The number of nitrogens with one attached hydrogen (secondary N) is 1. The number of rotatable bonds is 6. The first-order valence-corrected chi connectivity index (χ1v) is 9.49. The Hall–Kier alpha value is -2.60. The van der Waals surface area contributed by atoms with Gasteiger partial charge in [-0.1, -0.05) is 35.9 Å². The molecule has 0 radical (unpaired) electrons. The zero-order valence-electron chi connectivity index (χ0n) is 14.5. The van der Waals surface area contributed by atoms with Crippen molar-refractivity contribution >= 4 is 40.9 Å². The highest BCUT2D eigenvalue weighted by Gasteiger charge is 2.39. The lowest BCUT2D eigenvalue weighted by Gasteiger charge is -2.14. The van der Waals surface area contributed by atoms with E-state index in [1.165, 1.54) is 16.7 Å². The predicted molar refractivity (Wildman–Crippen MR) is 104 cm³/mol. The molecule has 0 aliphatic carbocycles. The van der Waals surface area contributed by atoms with Gasteiger partial charge >= 0.3 is 0 Å². The van der Waals surface area contributed by atoms with Gasteiger partial charge in [-0.3, -0.25) is 14.4 Å². The summed E-state index contributed by atoms with van der Waals surface area (Å²) < 4.78 is 0. The van der Waals surface area contributed by atoms with Gasteiger partial charge in [-0.15, -0.1) is 11.8 Å². The molecule has 1 aliphatic heterocycles. The fraction of sp³-hybridized carbons (Fsp3) is 0.250. The van der Waals surface area contributed by atoms with Crippen LogP contribution in [0.4, 0.5) is 11.4 Å². The Balaban J connectivity index is 1.49. The molecule has 0 spiro atoms. The molecule has 5 nitrogen and oxygen atoms in total. The number of hydrogen-bond acceptors (Lipinski definition) is 4. The van der Waals surface area contributed by atoms with Gasteiger partial charge in [0, 0.05) is 24.3 Å². The lowest BCUT2D eigenvalue weighted by molar-refractivity contribution is -0.121. The lowest BCUT2D eigenvalue weighted by atomic mass is 10.2. The van der Waals surface area contributed by atoms with E-state index in [1.54, 1.807) is 24.3 Å². The molecule has 6 heteroatoms. The first-order valence-electron chi connectivity index (χ1n) is 8.44. The van der Waals surface area contributed by atoms with E-state index in [0.29, 0.717) is 17.9 Å². The van der Waals surface area contributed by atoms with Gasteiger partial charge in [0.05, 0.1) is 10.9 Å². The second-order valence-electron chi connectivity index (χ2n) is 6.13. The standard InChI is InChI=1S/C20H20N2O3S/c1-14-7-9-15(10-8-14)21-18(23)11-12-26-17-13-19(24)22(20(17)25)16-5-3-2-4-6-16/h2-10,17H,11-13H2,1H3,(H,21,23)/t17-/m1/s1. The van der Waals surface area contributed by atoms with Crippen LogP contribution in [0.25, 0.3) is 0 Å². The van der Waals surface area contributed by atoms with Crippen LogP contribution in [0.15, 0.2) is 54.6 Å². The van der Waals surface area contributed by atoms with E-state index in [2.05, 4.69) is 5.32 Å². The second-order valence-corrected chi connectivity index (χ2v) is 7.44. The third-order valence-corrected chi connectivity index (χ3v) is 5.31. The van der Waals surface area contributed by atoms with Gasteiger partial charge in [-0.05, 0) is 31.2 Å². The van der Waals surface area contributed by atoms with Crippen molar-refractivity contribution in [2.45, 2.75) is 25.0 Å². The van der Waals surface area contributed by atoms with Crippen LogP contribution in [-0.4, -0.2) is 28.7 Å². The van der Waals surface area contributed by atoms with Crippen LogP contribution >= 0.6 is 11.8 Å². The summed E-state index contributed by atoms with van der Waals surface area (Å²) in [7, 11) is 0. The Morgan fingerprint density at radius 2 is 1.81 bits per heavy atom. The maximum atomic E-state index is 12.5. The molecule has 1 atom stereocenters. The molecule has 2 aromatic carbocycles. The molecule has 0 bridgehead atoms. The van der Waals surface area contributed by atoms with Gasteiger partial charge in [0.1, 0.15) is 0 Å². The smallest absolute Gasteiger partial charge is 0.247 e. The van der Waals surface area contributed by atoms with Crippen molar-refractivity contribution in [2.75, 3.05) is 16.0 Å². The summed E-state index contributed by atoms with van der Waals surface area (Å²) in [6, 6.07) is 16.5. The highest BCUT2D eigenvalue weighted by Crippen LogP contribution is 2.29. The Labute approximate surface area is 156 Å². The van der Waals surface area contributed by atoms with Crippen LogP contribution in [0.1, 0.15) is 18.4 Å². The van der Waals surface area contributed by atoms with E-state index >= 15 is 0 Å². The van der Waals surface area contributed by atoms with Gasteiger partial charge in [0.2, 0.25) is 17.7 Å². The predicted octanol–water partition coefficient (Wildman–Crippen LogP) is 3.39. The number of carbonyl (C=O) groups is 3. The molecular formula is C20H20N2O3S. The minimum atomic E-state index is -0.421. The molecule has 3 rings (SSSR count). The van der Waals surface area contributed by atoms with Crippen LogP contribution in [0, 0.1) is 6.92 Å². The average Bonchev–Trinajstić information content (AvgIpc) is 2.91. The minimum absolute atomic E-state index is 0.0990. The van der Waals surface area contributed by atoms with Crippen molar-refractivity contribution in [3.63, 3.8) is 0 Å². The van der Waals surface area contributed by atoms with Gasteiger partial charge < -0.3 is 5.32 Å². The third-order valence-electron chi connectivity index (χ3n) is 4.10. The summed E-state index contributed by atoms with van der Waals surface area (Å²) in [5.74, 6) is -0.00436. The summed E-state index contributed by atoms with van der Waals surface area (Å²) in [5, 5.41) is 2.41. The van der Waals surface area contributed by atoms with Crippen LogP contribution < -0.4 is 10.2 Å². The Kier molecular flexibility index (Phi) is 5.73. The summed E-state index contributed by atoms with van der Waals surface area (Å²) in [5.41, 5.74) is 2.49. The molecular weight excluding hydrogens is 348 g/mol. The second kappa shape index (κ2) is 8.19. The van der Waals surface area contributed by atoms with Crippen LogP contribution in [0.5, 0.6) is 0 Å². The van der Waals surface area contributed by atoms with Crippen molar-refractivity contribution in [3.05, 3.63) is 60.2 Å². The number of carbonyl (C=O) groups excluding carboxylic acids is 3. The number of imide groups is 1. The van der Waals surface area contributed by atoms with Gasteiger partial charge in [-0.25, -0.2) is 4.90 Å². The maximum Gasteiger partial charge on any atom is 0.247 e. The number of anilines is 2. The van der Waals surface area contributed by atoms with Crippen molar-refractivity contribution in [2.24, 2.45) is 0 Å². The van der Waals surface area contributed by atoms with Crippen molar-refractivity contribution < 1.29 is 14.4 Å². The van der Waals surface area contributed by atoms with Gasteiger partial charge in [-0.2, -0.15) is 0 Å². The number of nitrogens with zero attached hydrogens (tertiary/aromatic N) is 1. The average molecular weight is 368 g/mol. The Morgan fingerprint density at radius 3 is 2.50 bits per heavy atom. The number of hydrogen-bond donors (Lipinski definition) is 1. The number of amides is 3. The quantitative estimate of drug-likeness (QED) is 0.794. The fourth-order valence-corrected chi connectivity index (χ4v) is 3.83.